The van der Waals surface area contributed by atoms with Gasteiger partial charge in [-0.1, -0.05) is 71.1 Å². The third kappa shape index (κ3) is 14.4. The Kier molecular flexibility index (Phi) is 23.0. The van der Waals surface area contributed by atoms with Crippen molar-refractivity contribution in [3.63, 3.8) is 0 Å². The lowest BCUT2D eigenvalue weighted by molar-refractivity contribution is -0.925. The summed E-state index contributed by atoms with van der Waals surface area (Å²) in [5.74, 6) is 0. The molecular weight excluding hydrogens is 414 g/mol. The molecule has 0 bridgehead atoms. The molecule has 0 saturated carbocycles. The van der Waals surface area contributed by atoms with Crippen LogP contribution in [-0.2, 0) is 13.3 Å². The second-order valence-corrected chi connectivity index (χ2v) is 11.8. The summed E-state index contributed by atoms with van der Waals surface area (Å²) in [6.07, 6.45) is 18.2. The molecule has 184 valence electrons. The summed E-state index contributed by atoms with van der Waals surface area (Å²) in [6.45, 7) is 11.9. The number of nitrogens with zero attached hydrogens (tertiary/aromatic N) is 1. The first kappa shape index (κ1) is 32.5. The maximum atomic E-state index is 5.58. The van der Waals surface area contributed by atoms with Gasteiger partial charge in [0, 0.05) is 33.8 Å². The van der Waals surface area contributed by atoms with Crippen molar-refractivity contribution in [2.24, 2.45) is 0 Å². The van der Waals surface area contributed by atoms with Crippen molar-refractivity contribution in [3.8, 4) is 0 Å². The molecule has 0 aliphatic heterocycles. The van der Waals surface area contributed by atoms with Crippen LogP contribution >= 0.6 is 0 Å². The van der Waals surface area contributed by atoms with E-state index >= 15 is 0 Å². The molecule has 0 rings (SSSR count). The molecule has 0 aliphatic rings. The van der Waals surface area contributed by atoms with E-state index in [0.717, 1.165) is 12.5 Å². The Balaban J connectivity index is 0. The highest BCUT2D eigenvalue weighted by atomic mass is 35.5. The Bertz CT molecular complexity index is 345. The van der Waals surface area contributed by atoms with Gasteiger partial charge in [0.05, 0.1) is 26.2 Å². The summed E-state index contributed by atoms with van der Waals surface area (Å²) < 4.78 is 18.0. The average molecular weight is 468 g/mol. The van der Waals surface area contributed by atoms with E-state index in [9.17, 15) is 0 Å². The summed E-state index contributed by atoms with van der Waals surface area (Å²) in [5.41, 5.74) is 0. The van der Waals surface area contributed by atoms with E-state index in [0.29, 0.717) is 0 Å². The average Bonchev–Trinajstić information content (AvgIpc) is 2.76. The molecule has 0 radical (unpaired) electrons. The van der Waals surface area contributed by atoms with E-state index in [1.165, 1.54) is 108 Å². The van der Waals surface area contributed by atoms with Crippen LogP contribution in [0, 0.1) is 0 Å². The number of hydrogen-bond donors (Lipinski definition) is 0. The van der Waals surface area contributed by atoms with Crippen LogP contribution in [0.4, 0.5) is 0 Å². The topological polar surface area (TPSA) is 27.7 Å². The quantitative estimate of drug-likeness (QED) is 0.138. The van der Waals surface area contributed by atoms with Gasteiger partial charge in [-0.15, -0.1) is 0 Å². The molecule has 0 aromatic rings. The minimum absolute atomic E-state index is 0. The largest absolute Gasteiger partial charge is 1.00 e. The first-order chi connectivity index (χ1) is 14.1. The predicted octanol–water partition coefficient (Wildman–Crippen LogP) is 3.82. The van der Waals surface area contributed by atoms with Crippen LogP contribution < -0.4 is 12.4 Å². The minimum Gasteiger partial charge on any atom is -1.00 e. The lowest BCUT2D eigenvalue weighted by Crippen LogP contribution is -3.00. The molecule has 0 fully saturated rings. The summed E-state index contributed by atoms with van der Waals surface area (Å²) in [4.78, 5) is 0. The highest BCUT2D eigenvalue weighted by molar-refractivity contribution is 6.60. The fourth-order valence-electron chi connectivity index (χ4n) is 4.44. The van der Waals surface area contributed by atoms with Gasteiger partial charge in [-0.2, -0.15) is 0 Å². The van der Waals surface area contributed by atoms with Gasteiger partial charge >= 0.3 is 8.80 Å². The van der Waals surface area contributed by atoms with Crippen molar-refractivity contribution in [1.82, 2.24) is 0 Å². The zero-order valence-corrected chi connectivity index (χ0v) is 23.0. The maximum absolute atomic E-state index is 5.58. The third-order valence-electron chi connectivity index (χ3n) is 6.88. The van der Waals surface area contributed by atoms with Gasteiger partial charge in [0.25, 0.3) is 0 Å². The van der Waals surface area contributed by atoms with Crippen molar-refractivity contribution in [1.29, 1.82) is 0 Å². The molecule has 0 N–H and O–H groups in total. The van der Waals surface area contributed by atoms with E-state index in [1.807, 2.05) is 0 Å². The molecule has 0 aromatic carbocycles. The second-order valence-electron chi connectivity index (χ2n) is 8.71. The van der Waals surface area contributed by atoms with Crippen LogP contribution in [0.15, 0.2) is 0 Å². The van der Waals surface area contributed by atoms with Gasteiger partial charge in [-0.3, -0.25) is 0 Å². The van der Waals surface area contributed by atoms with Gasteiger partial charge in [0.2, 0.25) is 0 Å². The molecule has 0 aliphatic carbocycles. The molecule has 0 heterocycles. The summed E-state index contributed by atoms with van der Waals surface area (Å²) >= 11 is 0. The van der Waals surface area contributed by atoms with Gasteiger partial charge in [0.15, 0.2) is 0 Å². The van der Waals surface area contributed by atoms with E-state index in [-0.39, 0.29) is 12.4 Å². The normalized spacial score (nSPS) is 12.2. The molecule has 0 aromatic heterocycles. The summed E-state index contributed by atoms with van der Waals surface area (Å²) in [7, 11) is 2.72. The first-order valence-corrected chi connectivity index (χ1v) is 14.5. The van der Waals surface area contributed by atoms with E-state index in [1.54, 1.807) is 21.3 Å². The fourth-order valence-corrected chi connectivity index (χ4v) is 6.15. The van der Waals surface area contributed by atoms with Crippen LogP contribution in [-0.4, -0.2) is 60.8 Å². The Morgan fingerprint density at radius 1 is 0.533 bits per heavy atom. The summed E-state index contributed by atoms with van der Waals surface area (Å²) in [5, 5.41) is 0. The van der Waals surface area contributed by atoms with Crippen LogP contribution in [0.3, 0.4) is 0 Å². The van der Waals surface area contributed by atoms with Crippen LogP contribution in [0.1, 0.15) is 104 Å². The smallest absolute Gasteiger partial charge is 0.500 e. The van der Waals surface area contributed by atoms with Gasteiger partial charge < -0.3 is 30.2 Å². The number of rotatable bonds is 22. The monoisotopic (exact) mass is 467 g/mol. The number of unbranched alkanes of at least 4 members (excludes halogenated alkanes) is 11. The van der Waals surface area contributed by atoms with E-state index in [4.69, 9.17) is 13.3 Å². The number of halogens is 1. The van der Waals surface area contributed by atoms with Crippen molar-refractivity contribution in [3.05, 3.63) is 0 Å². The standard InChI is InChI=1S/C24H54NO3Si.ClH/c1-7-10-11-12-13-14-15-16-17-18-19-20-22-25(8-2,9-3)23-21-24-29(26-4,27-5)28-6;/h7-24H2,1-6H3;1H/q+1;/p-1. The molecule has 0 spiro atoms. The lowest BCUT2D eigenvalue weighted by Gasteiger charge is -2.38. The molecule has 0 saturated heterocycles. The van der Waals surface area contributed by atoms with Crippen LogP contribution in [0.25, 0.3) is 0 Å². The molecule has 0 atom stereocenters. The molecule has 0 amide bonds. The van der Waals surface area contributed by atoms with Gasteiger partial charge in [-0.25, -0.2) is 0 Å². The van der Waals surface area contributed by atoms with Crippen LogP contribution in [0.5, 0.6) is 0 Å². The number of quaternary nitrogens is 1. The zero-order valence-electron chi connectivity index (χ0n) is 21.3. The van der Waals surface area contributed by atoms with Crippen molar-refractivity contribution >= 4 is 8.80 Å². The van der Waals surface area contributed by atoms with E-state index < -0.39 is 8.80 Å². The van der Waals surface area contributed by atoms with E-state index in [2.05, 4.69) is 20.8 Å². The Hall–Kier alpha value is 0.347. The van der Waals surface area contributed by atoms with Crippen molar-refractivity contribution in [2.45, 2.75) is 110 Å². The second kappa shape index (κ2) is 21.2. The SMILES string of the molecule is CCCCCCCCCCCCCC[N+](CC)(CC)CCC[Si](OC)(OC)OC.[Cl-]. The maximum Gasteiger partial charge on any atom is 0.500 e. The highest BCUT2D eigenvalue weighted by Gasteiger charge is 2.38. The van der Waals surface area contributed by atoms with Gasteiger partial charge in [0.1, 0.15) is 0 Å². The molecule has 0 unspecified atom stereocenters. The fraction of sp³-hybridized carbons (Fsp3) is 1.00. The highest BCUT2D eigenvalue weighted by Crippen LogP contribution is 2.19. The zero-order chi connectivity index (χ0) is 21.8. The summed E-state index contributed by atoms with van der Waals surface area (Å²) in [6, 6.07) is 0.912. The van der Waals surface area contributed by atoms with Crippen molar-refractivity contribution < 1.29 is 30.2 Å². The molecule has 6 heteroatoms. The van der Waals surface area contributed by atoms with Crippen molar-refractivity contribution in [2.75, 3.05) is 47.5 Å². The lowest BCUT2D eigenvalue weighted by atomic mass is 10.0. The number of hydrogen-bond acceptors (Lipinski definition) is 3. The molecule has 30 heavy (non-hydrogen) atoms. The Morgan fingerprint density at radius 2 is 0.900 bits per heavy atom. The minimum atomic E-state index is -2.42. The molecule has 4 nitrogen and oxygen atoms in total. The molecular formula is C24H54ClNO3Si. The third-order valence-corrected chi connectivity index (χ3v) is 9.71. The van der Waals surface area contributed by atoms with Crippen LogP contribution in [0.2, 0.25) is 6.04 Å². The Morgan fingerprint density at radius 3 is 1.27 bits per heavy atom. The first-order valence-electron chi connectivity index (χ1n) is 12.6. The van der Waals surface area contributed by atoms with Gasteiger partial charge in [-0.05, 0) is 26.7 Å². The predicted molar refractivity (Wildman–Crippen MR) is 128 cm³/mol. The Labute approximate surface area is 196 Å².